The van der Waals surface area contributed by atoms with Gasteiger partial charge in [-0.25, -0.2) is 0 Å². The monoisotopic (exact) mass is 268 g/mol. The van der Waals surface area contributed by atoms with Crippen LogP contribution in [0.4, 0.5) is 0 Å². The van der Waals surface area contributed by atoms with E-state index in [2.05, 4.69) is 6.92 Å². The molecule has 100 valence electrons. The fourth-order valence-corrected chi connectivity index (χ4v) is 2.31. The molecule has 0 saturated heterocycles. The van der Waals surface area contributed by atoms with Gasteiger partial charge in [0.2, 0.25) is 0 Å². The Morgan fingerprint density at radius 2 is 2.00 bits per heavy atom. The second-order valence-electron chi connectivity index (χ2n) is 4.65. The van der Waals surface area contributed by atoms with Gasteiger partial charge in [0.1, 0.15) is 0 Å². The van der Waals surface area contributed by atoms with E-state index in [9.17, 15) is 9.90 Å². The first-order valence-electron chi connectivity index (χ1n) is 6.63. The van der Waals surface area contributed by atoms with Gasteiger partial charge in [0.05, 0.1) is 5.92 Å². The van der Waals surface area contributed by atoms with Gasteiger partial charge in [-0.15, -0.1) is 0 Å². The molecule has 0 heterocycles. The van der Waals surface area contributed by atoms with Gasteiger partial charge in [0, 0.05) is 5.02 Å². The number of carbonyl (C=O) groups is 1. The summed E-state index contributed by atoms with van der Waals surface area (Å²) in [5.41, 5.74) is 0.811. The van der Waals surface area contributed by atoms with Gasteiger partial charge in [0.15, 0.2) is 0 Å². The van der Waals surface area contributed by atoms with Gasteiger partial charge in [-0.2, -0.15) is 0 Å². The topological polar surface area (TPSA) is 37.3 Å². The molecule has 0 aliphatic rings. The second kappa shape index (κ2) is 8.15. The molecule has 3 heteroatoms. The van der Waals surface area contributed by atoms with E-state index < -0.39 is 11.9 Å². The molecule has 0 bridgehead atoms. The highest BCUT2D eigenvalue weighted by Gasteiger charge is 2.19. The largest absolute Gasteiger partial charge is 0.481 e. The van der Waals surface area contributed by atoms with E-state index in [1.54, 1.807) is 12.1 Å². The molecular weight excluding hydrogens is 248 g/mol. The second-order valence-corrected chi connectivity index (χ2v) is 5.09. The Morgan fingerprint density at radius 1 is 1.28 bits per heavy atom. The lowest BCUT2D eigenvalue weighted by Gasteiger charge is -2.12. The summed E-state index contributed by atoms with van der Waals surface area (Å²) < 4.78 is 0. The summed E-state index contributed by atoms with van der Waals surface area (Å²) in [5, 5.41) is 9.88. The summed E-state index contributed by atoms with van der Waals surface area (Å²) >= 11 is 5.90. The molecule has 1 atom stereocenters. The van der Waals surface area contributed by atoms with E-state index in [-0.39, 0.29) is 0 Å². The Morgan fingerprint density at radius 3 is 2.61 bits per heavy atom. The van der Waals surface area contributed by atoms with Crippen LogP contribution < -0.4 is 0 Å². The molecule has 1 unspecified atom stereocenters. The molecule has 1 rings (SSSR count). The average Bonchev–Trinajstić information content (AvgIpc) is 2.33. The van der Waals surface area contributed by atoms with E-state index in [0.717, 1.165) is 18.4 Å². The lowest BCUT2D eigenvalue weighted by Crippen LogP contribution is -2.11. The van der Waals surface area contributed by atoms with Crippen molar-refractivity contribution in [3.05, 3.63) is 34.9 Å². The van der Waals surface area contributed by atoms with Crippen molar-refractivity contribution < 1.29 is 9.90 Å². The van der Waals surface area contributed by atoms with Crippen molar-refractivity contribution in [2.45, 2.75) is 51.4 Å². The highest BCUT2D eigenvalue weighted by molar-refractivity contribution is 6.30. The molecule has 1 aromatic carbocycles. The molecule has 1 N–H and O–H groups in total. The fourth-order valence-electron chi connectivity index (χ4n) is 2.11. The average molecular weight is 269 g/mol. The zero-order valence-corrected chi connectivity index (χ0v) is 11.6. The number of carboxylic acid groups (broad SMARTS) is 1. The maximum Gasteiger partial charge on any atom is 0.310 e. The van der Waals surface area contributed by atoms with Crippen LogP contribution in [0.25, 0.3) is 0 Å². The van der Waals surface area contributed by atoms with Gasteiger partial charge in [-0.1, -0.05) is 62.8 Å². The summed E-state index contributed by atoms with van der Waals surface area (Å²) in [7, 11) is 0. The molecule has 0 aliphatic heterocycles. The van der Waals surface area contributed by atoms with E-state index in [1.165, 1.54) is 19.3 Å². The number of rotatable bonds is 8. The maximum atomic E-state index is 11.3. The van der Waals surface area contributed by atoms with Crippen molar-refractivity contribution in [2.75, 3.05) is 0 Å². The van der Waals surface area contributed by atoms with E-state index in [0.29, 0.717) is 11.4 Å². The number of hydrogen-bond donors (Lipinski definition) is 1. The highest BCUT2D eigenvalue weighted by atomic mass is 35.5. The molecule has 2 nitrogen and oxygen atoms in total. The van der Waals surface area contributed by atoms with Crippen LogP contribution >= 0.6 is 11.6 Å². The van der Waals surface area contributed by atoms with E-state index in [4.69, 9.17) is 11.6 Å². The van der Waals surface area contributed by atoms with Gasteiger partial charge in [0.25, 0.3) is 0 Å². The first kappa shape index (κ1) is 15.0. The standard InChI is InChI=1S/C15H21ClO2/c1-2-3-4-5-6-10-14(15(17)18)12-8-7-9-13(16)11-12/h7-9,11,14H,2-6,10H2,1H3,(H,17,18). The number of halogens is 1. The smallest absolute Gasteiger partial charge is 0.310 e. The number of unbranched alkanes of at least 4 members (excludes halogenated alkanes) is 4. The Balaban J connectivity index is 2.53. The SMILES string of the molecule is CCCCCCCC(C(=O)O)c1cccc(Cl)c1. The van der Waals surface area contributed by atoms with Crippen LogP contribution in [0.1, 0.15) is 56.9 Å². The maximum absolute atomic E-state index is 11.3. The van der Waals surface area contributed by atoms with Crippen molar-refractivity contribution in [1.82, 2.24) is 0 Å². The third-order valence-electron chi connectivity index (χ3n) is 3.15. The molecule has 0 aromatic heterocycles. The van der Waals surface area contributed by atoms with Crippen LogP contribution in [0.3, 0.4) is 0 Å². The molecule has 0 radical (unpaired) electrons. The number of carboxylic acids is 1. The van der Waals surface area contributed by atoms with Crippen LogP contribution in [0.2, 0.25) is 5.02 Å². The van der Waals surface area contributed by atoms with Crippen molar-refractivity contribution in [1.29, 1.82) is 0 Å². The Bertz CT molecular complexity index is 377. The minimum absolute atomic E-state index is 0.426. The van der Waals surface area contributed by atoms with E-state index in [1.807, 2.05) is 12.1 Å². The number of aliphatic carboxylic acids is 1. The summed E-state index contributed by atoms with van der Waals surface area (Å²) in [5.74, 6) is -1.18. The normalized spacial score (nSPS) is 12.3. The summed E-state index contributed by atoms with van der Waals surface area (Å²) in [6.07, 6.45) is 6.39. The molecule has 0 fully saturated rings. The van der Waals surface area contributed by atoms with Gasteiger partial charge >= 0.3 is 5.97 Å². The minimum Gasteiger partial charge on any atom is -0.481 e. The van der Waals surface area contributed by atoms with Crippen LogP contribution in [0.5, 0.6) is 0 Å². The van der Waals surface area contributed by atoms with Crippen LogP contribution in [0, 0.1) is 0 Å². The highest BCUT2D eigenvalue weighted by Crippen LogP contribution is 2.25. The number of benzene rings is 1. The molecule has 18 heavy (non-hydrogen) atoms. The van der Waals surface area contributed by atoms with Crippen molar-refractivity contribution in [3.8, 4) is 0 Å². The van der Waals surface area contributed by atoms with E-state index >= 15 is 0 Å². The Kier molecular flexibility index (Phi) is 6.81. The summed E-state index contributed by atoms with van der Waals surface area (Å²) in [6.45, 7) is 2.17. The van der Waals surface area contributed by atoms with Crippen molar-refractivity contribution in [2.24, 2.45) is 0 Å². The zero-order chi connectivity index (χ0) is 13.4. The van der Waals surface area contributed by atoms with Gasteiger partial charge in [-0.3, -0.25) is 4.79 Å². The van der Waals surface area contributed by atoms with Gasteiger partial charge < -0.3 is 5.11 Å². The molecule has 1 aromatic rings. The predicted molar refractivity (Wildman–Crippen MR) is 75.2 cm³/mol. The summed E-state index contributed by atoms with van der Waals surface area (Å²) in [4.78, 5) is 11.3. The molecule has 0 amide bonds. The van der Waals surface area contributed by atoms with Gasteiger partial charge in [-0.05, 0) is 24.1 Å². The first-order chi connectivity index (χ1) is 8.65. The minimum atomic E-state index is -0.757. The third-order valence-corrected chi connectivity index (χ3v) is 3.38. The lowest BCUT2D eigenvalue weighted by molar-refractivity contribution is -0.139. The summed E-state index contributed by atoms with van der Waals surface area (Å²) in [6, 6.07) is 7.18. The molecular formula is C15H21ClO2. The Hall–Kier alpha value is -1.02. The van der Waals surface area contributed by atoms with Crippen LogP contribution in [-0.4, -0.2) is 11.1 Å². The first-order valence-corrected chi connectivity index (χ1v) is 7.01. The molecule has 0 spiro atoms. The quantitative estimate of drug-likeness (QED) is 0.683. The zero-order valence-electron chi connectivity index (χ0n) is 10.9. The van der Waals surface area contributed by atoms with Crippen molar-refractivity contribution >= 4 is 17.6 Å². The fraction of sp³-hybridized carbons (Fsp3) is 0.533. The van der Waals surface area contributed by atoms with Crippen LogP contribution in [-0.2, 0) is 4.79 Å². The number of hydrogen-bond acceptors (Lipinski definition) is 1. The molecule has 0 aliphatic carbocycles. The van der Waals surface area contributed by atoms with Crippen LogP contribution in [0.15, 0.2) is 24.3 Å². The predicted octanol–water partition coefficient (Wildman–Crippen LogP) is 4.87. The lowest BCUT2D eigenvalue weighted by atomic mass is 9.93. The van der Waals surface area contributed by atoms with Crippen molar-refractivity contribution in [3.63, 3.8) is 0 Å². The molecule has 0 saturated carbocycles. The Labute approximate surface area is 114 Å². The third kappa shape index (κ3) is 5.09.